The van der Waals surface area contributed by atoms with E-state index < -0.39 is 17.6 Å². The standard InChI is InChI=1S/C31H29F4N5O/c1-3-18-6-5-7-19(4-2)29(18)40-30(27-22-10-12-36-28(22)20(17-41)14-24(27)32)23-16-39(13-11-25(23)38-40)26-9-8-21(15-37-26)31(33,34)35/h5-10,12,14-15,36,41H,3-4,11,13,16-17H2,1-2H3. The number of rotatable bonds is 6. The van der Waals surface area contributed by atoms with Gasteiger partial charge in [0.05, 0.1) is 34.8 Å². The molecule has 0 fully saturated rings. The van der Waals surface area contributed by atoms with E-state index in [1.807, 2.05) is 15.6 Å². The zero-order valence-corrected chi connectivity index (χ0v) is 22.7. The van der Waals surface area contributed by atoms with Gasteiger partial charge >= 0.3 is 6.18 Å². The third-order valence-electron chi connectivity index (χ3n) is 7.89. The van der Waals surface area contributed by atoms with Gasteiger partial charge in [0, 0.05) is 54.0 Å². The summed E-state index contributed by atoms with van der Waals surface area (Å²) in [6.07, 6.45) is 0.103. The van der Waals surface area contributed by atoms with Crippen LogP contribution in [0.15, 0.2) is 54.9 Å². The van der Waals surface area contributed by atoms with E-state index in [-0.39, 0.29) is 6.61 Å². The molecule has 0 atom stereocenters. The molecule has 2 aromatic carbocycles. The minimum absolute atomic E-state index is 0.298. The second-order valence-electron chi connectivity index (χ2n) is 10.2. The lowest BCUT2D eigenvalue weighted by Crippen LogP contribution is -2.31. The Morgan fingerprint density at radius 1 is 1.02 bits per heavy atom. The van der Waals surface area contributed by atoms with Gasteiger partial charge in [0.15, 0.2) is 0 Å². The number of aliphatic hydroxyl groups is 1. The number of hydrogen-bond donors (Lipinski definition) is 2. The van der Waals surface area contributed by atoms with Gasteiger partial charge in [-0.1, -0.05) is 32.0 Å². The largest absolute Gasteiger partial charge is 0.417 e. The molecule has 0 aliphatic carbocycles. The molecule has 6 nitrogen and oxygen atoms in total. The summed E-state index contributed by atoms with van der Waals surface area (Å²) in [7, 11) is 0. The summed E-state index contributed by atoms with van der Waals surface area (Å²) in [4.78, 5) is 9.16. The third kappa shape index (κ3) is 4.56. The zero-order valence-electron chi connectivity index (χ0n) is 22.7. The highest BCUT2D eigenvalue weighted by atomic mass is 19.4. The van der Waals surface area contributed by atoms with Crippen molar-refractivity contribution in [1.29, 1.82) is 0 Å². The smallest absolute Gasteiger partial charge is 0.392 e. The van der Waals surface area contributed by atoms with E-state index in [0.29, 0.717) is 53.1 Å². The topological polar surface area (TPSA) is 70.0 Å². The molecular formula is C31H29F4N5O. The Morgan fingerprint density at radius 3 is 2.41 bits per heavy atom. The summed E-state index contributed by atoms with van der Waals surface area (Å²) < 4.78 is 57.5. The van der Waals surface area contributed by atoms with Crippen LogP contribution in [-0.2, 0) is 38.6 Å². The van der Waals surface area contributed by atoms with Crippen LogP contribution in [0, 0.1) is 5.82 Å². The van der Waals surface area contributed by atoms with Crippen LogP contribution in [0.3, 0.4) is 0 Å². The summed E-state index contributed by atoms with van der Waals surface area (Å²) in [6.45, 7) is 4.62. The van der Waals surface area contributed by atoms with Crippen molar-refractivity contribution in [3.05, 3.63) is 94.2 Å². The van der Waals surface area contributed by atoms with Crippen molar-refractivity contribution < 1.29 is 22.7 Å². The monoisotopic (exact) mass is 563 g/mol. The Labute approximate surface area is 234 Å². The number of halogens is 4. The molecule has 1 aliphatic heterocycles. The van der Waals surface area contributed by atoms with Crippen LogP contribution in [0.25, 0.3) is 27.8 Å². The fraction of sp³-hybridized carbons (Fsp3) is 0.290. The minimum atomic E-state index is -4.47. The lowest BCUT2D eigenvalue weighted by molar-refractivity contribution is -0.137. The van der Waals surface area contributed by atoms with Crippen molar-refractivity contribution in [3.63, 3.8) is 0 Å². The Kier molecular flexibility index (Phi) is 6.81. The summed E-state index contributed by atoms with van der Waals surface area (Å²) in [5.41, 5.74) is 5.91. The van der Waals surface area contributed by atoms with E-state index in [9.17, 15) is 18.3 Å². The summed E-state index contributed by atoms with van der Waals surface area (Å²) >= 11 is 0. The van der Waals surface area contributed by atoms with Crippen molar-refractivity contribution in [1.82, 2.24) is 19.7 Å². The van der Waals surface area contributed by atoms with Crippen LogP contribution in [0.4, 0.5) is 23.4 Å². The van der Waals surface area contributed by atoms with E-state index in [4.69, 9.17) is 5.10 Å². The summed E-state index contributed by atoms with van der Waals surface area (Å²) in [6, 6.07) is 11.7. The van der Waals surface area contributed by atoms with Gasteiger partial charge in [0.1, 0.15) is 11.6 Å². The van der Waals surface area contributed by atoms with Gasteiger partial charge in [-0.05, 0) is 48.2 Å². The molecule has 0 saturated heterocycles. The van der Waals surface area contributed by atoms with Gasteiger partial charge in [0.25, 0.3) is 0 Å². The highest BCUT2D eigenvalue weighted by Crippen LogP contribution is 2.41. The maximum absolute atomic E-state index is 16.1. The van der Waals surface area contributed by atoms with Crippen molar-refractivity contribution in [2.24, 2.45) is 0 Å². The number of pyridine rings is 1. The molecule has 4 heterocycles. The number of alkyl halides is 3. The van der Waals surface area contributed by atoms with Crippen LogP contribution in [0.1, 0.15) is 47.4 Å². The SMILES string of the molecule is CCc1cccc(CC)c1-n1nc2c(c1-c1c(F)cc(CO)c3[nH]ccc13)CN(c1ccc(C(F)(F)F)cn1)CC2. The molecule has 5 aromatic rings. The van der Waals surface area contributed by atoms with Crippen LogP contribution in [0.5, 0.6) is 0 Å². The number of anilines is 1. The number of fused-ring (bicyclic) bond motifs is 2. The Hall–Kier alpha value is -4.18. The van der Waals surface area contributed by atoms with Gasteiger partial charge < -0.3 is 15.0 Å². The van der Waals surface area contributed by atoms with Crippen LogP contribution in [0.2, 0.25) is 0 Å². The molecule has 6 rings (SSSR count). The number of para-hydroxylation sites is 1. The lowest BCUT2D eigenvalue weighted by Gasteiger charge is -2.28. The molecule has 41 heavy (non-hydrogen) atoms. The highest BCUT2D eigenvalue weighted by molar-refractivity contribution is 5.97. The summed E-state index contributed by atoms with van der Waals surface area (Å²) in [5.74, 6) is -0.0737. The van der Waals surface area contributed by atoms with Gasteiger partial charge in [-0.25, -0.2) is 14.1 Å². The average Bonchev–Trinajstić information content (AvgIpc) is 3.61. The predicted molar refractivity (Wildman–Crippen MR) is 149 cm³/mol. The molecule has 0 radical (unpaired) electrons. The Morgan fingerprint density at radius 2 is 1.78 bits per heavy atom. The molecule has 1 aliphatic rings. The molecule has 2 N–H and O–H groups in total. The van der Waals surface area contributed by atoms with E-state index >= 15 is 4.39 Å². The van der Waals surface area contributed by atoms with E-state index in [1.165, 1.54) is 12.1 Å². The first-order chi connectivity index (χ1) is 19.7. The number of nitrogens with one attached hydrogen (secondary N) is 1. The summed E-state index contributed by atoms with van der Waals surface area (Å²) in [5, 5.41) is 15.6. The van der Waals surface area contributed by atoms with Gasteiger partial charge in [-0.2, -0.15) is 18.3 Å². The molecule has 0 unspecified atom stereocenters. The number of nitrogens with zero attached hydrogens (tertiary/aromatic N) is 4. The second kappa shape index (κ2) is 10.3. The molecule has 0 amide bonds. The van der Waals surface area contributed by atoms with Crippen molar-refractivity contribution >= 4 is 16.7 Å². The van der Waals surface area contributed by atoms with Gasteiger partial charge in [-0.15, -0.1) is 0 Å². The fourth-order valence-electron chi connectivity index (χ4n) is 5.85. The highest BCUT2D eigenvalue weighted by Gasteiger charge is 2.33. The van der Waals surface area contributed by atoms with Gasteiger partial charge in [-0.3, -0.25) is 0 Å². The number of hydrogen-bond acceptors (Lipinski definition) is 4. The van der Waals surface area contributed by atoms with E-state index in [0.717, 1.165) is 53.2 Å². The molecule has 0 saturated carbocycles. The molecular weight excluding hydrogens is 534 g/mol. The first kappa shape index (κ1) is 27.0. The van der Waals surface area contributed by atoms with Crippen LogP contribution < -0.4 is 4.90 Å². The van der Waals surface area contributed by atoms with Crippen molar-refractivity contribution in [2.45, 2.75) is 52.4 Å². The number of H-pyrrole nitrogens is 1. The first-order valence-electron chi connectivity index (χ1n) is 13.6. The first-order valence-corrected chi connectivity index (χ1v) is 13.6. The molecule has 0 spiro atoms. The Balaban J connectivity index is 1.58. The second-order valence-corrected chi connectivity index (χ2v) is 10.2. The maximum Gasteiger partial charge on any atom is 0.417 e. The number of aromatic amines is 1. The lowest BCUT2D eigenvalue weighted by atomic mass is 9.95. The van der Waals surface area contributed by atoms with Crippen LogP contribution >= 0.6 is 0 Å². The minimum Gasteiger partial charge on any atom is -0.392 e. The number of aryl methyl sites for hydroxylation is 2. The fourth-order valence-corrected chi connectivity index (χ4v) is 5.85. The number of aromatic nitrogens is 4. The molecule has 212 valence electrons. The normalized spacial score (nSPS) is 13.7. The maximum atomic E-state index is 16.1. The number of aliphatic hydroxyl groups excluding tert-OH is 1. The predicted octanol–water partition coefficient (Wildman–Crippen LogP) is 6.75. The third-order valence-corrected chi connectivity index (χ3v) is 7.89. The van der Waals surface area contributed by atoms with Gasteiger partial charge in [0.2, 0.25) is 0 Å². The molecule has 10 heteroatoms. The zero-order chi connectivity index (χ0) is 28.9. The van der Waals surface area contributed by atoms with E-state index in [1.54, 1.807) is 12.3 Å². The average molecular weight is 564 g/mol. The van der Waals surface area contributed by atoms with Crippen molar-refractivity contribution in [3.8, 4) is 16.9 Å². The quantitative estimate of drug-likeness (QED) is 0.224. The van der Waals surface area contributed by atoms with E-state index in [2.05, 4.69) is 35.9 Å². The molecule has 0 bridgehead atoms. The van der Waals surface area contributed by atoms with Crippen molar-refractivity contribution in [2.75, 3.05) is 11.4 Å². The molecule has 3 aromatic heterocycles. The Bertz CT molecular complexity index is 1710. The number of benzene rings is 2. The van der Waals surface area contributed by atoms with Crippen LogP contribution in [-0.4, -0.2) is 31.4 Å².